The third kappa shape index (κ3) is 11.1. The molecule has 4 radical (unpaired) electrons. The summed E-state index contributed by atoms with van der Waals surface area (Å²) in [4.78, 5) is 7.12. The number of rotatable bonds is 0. The van der Waals surface area contributed by atoms with Crippen LogP contribution in [0.1, 0.15) is 0 Å². The third-order valence-electron chi connectivity index (χ3n) is 1.18. The zero-order chi connectivity index (χ0) is 14.1. The lowest BCUT2D eigenvalue weighted by Gasteiger charge is -1.44. The maximum atomic E-state index is 4.35. The van der Waals surface area contributed by atoms with Gasteiger partial charge in [0.15, 0.2) is 0 Å². The molecule has 4 aromatic rings. The van der Waals surface area contributed by atoms with Gasteiger partial charge < -0.3 is 4.42 Å². The molecule has 0 spiro atoms. The molecule has 0 aliphatic heterocycles. The molecule has 0 atom stereocenters. The molecule has 4 aromatic heterocycles. The van der Waals surface area contributed by atoms with Crippen LogP contribution in [0.4, 0.5) is 0 Å². The van der Waals surface area contributed by atoms with Crippen LogP contribution in [0.25, 0.3) is 0 Å². The van der Waals surface area contributed by atoms with E-state index < -0.39 is 0 Å². The normalized spacial score (nSPS) is 8.00. The van der Waals surface area contributed by atoms with Crippen molar-refractivity contribution in [2.75, 3.05) is 0 Å². The van der Waals surface area contributed by atoms with E-state index >= 15 is 0 Å². The Hall–Kier alpha value is -1.97. The van der Waals surface area contributed by atoms with E-state index in [-0.39, 0.29) is 0 Å². The number of thiazole rings is 1. The van der Waals surface area contributed by atoms with Crippen LogP contribution in [0.15, 0.2) is 45.4 Å². The predicted octanol–water partition coefficient (Wildman–Crippen LogP) is 2.70. The first-order valence-corrected chi connectivity index (χ1v) is 7.45. The van der Waals surface area contributed by atoms with E-state index in [2.05, 4.69) is 52.5 Å². The maximum absolute atomic E-state index is 4.35. The van der Waals surface area contributed by atoms with Crippen LogP contribution in [-0.4, -0.2) is 23.9 Å². The highest BCUT2D eigenvalue weighted by molar-refractivity contribution is 7.06. The second-order valence-corrected chi connectivity index (χ2v) is 4.36. The van der Waals surface area contributed by atoms with Crippen LogP contribution >= 0.6 is 34.4 Å². The van der Waals surface area contributed by atoms with E-state index in [0.717, 1.165) is 0 Å². The van der Waals surface area contributed by atoms with Gasteiger partial charge in [0.05, 0.1) is 17.1 Å². The van der Waals surface area contributed by atoms with E-state index in [1.54, 1.807) is 23.2 Å². The minimum atomic E-state index is 1.30. The van der Waals surface area contributed by atoms with Gasteiger partial charge in [-0.15, -0.1) is 16.4 Å². The number of hydrogen-bond donors (Lipinski definition) is 0. The molecule has 0 saturated carbocycles. The molecule has 100 valence electrons. The van der Waals surface area contributed by atoms with Crippen LogP contribution in [0.2, 0.25) is 0 Å². The van der Waals surface area contributed by atoms with Gasteiger partial charge in [-0.05, 0) is 29.1 Å². The largest absolute Gasteiger partial charge is 0.441 e. The lowest BCUT2D eigenvalue weighted by atomic mass is 10.8. The zero-order valence-corrected chi connectivity index (χ0v) is 12.4. The van der Waals surface area contributed by atoms with Crippen molar-refractivity contribution >= 4 is 34.4 Å². The Bertz CT molecular complexity index is 363. The first kappa shape index (κ1) is 16.1. The van der Waals surface area contributed by atoms with Crippen molar-refractivity contribution in [2.24, 2.45) is 0 Å². The lowest BCUT2D eigenvalue weighted by Crippen LogP contribution is -1.52. The Morgan fingerprint density at radius 1 is 1.15 bits per heavy atom. The van der Waals surface area contributed by atoms with Gasteiger partial charge in [-0.3, -0.25) is 4.98 Å². The zero-order valence-electron chi connectivity index (χ0n) is 9.91. The SMILES string of the molecule is [c]1ccsn1.[c]1cncs1.[c]1csnn1.[c]1ncco1. The Morgan fingerprint density at radius 3 is 2.35 bits per heavy atom. The van der Waals surface area contributed by atoms with Crippen LogP contribution in [0.5, 0.6) is 0 Å². The summed E-state index contributed by atoms with van der Waals surface area (Å²) in [6.45, 7) is 0. The van der Waals surface area contributed by atoms with Crippen molar-refractivity contribution < 1.29 is 4.42 Å². The molecule has 6 nitrogen and oxygen atoms in total. The summed E-state index contributed by atoms with van der Waals surface area (Å²) in [6, 6.07) is 1.78. The van der Waals surface area contributed by atoms with Crippen LogP contribution in [0, 0.1) is 24.2 Å². The summed E-state index contributed by atoms with van der Waals surface area (Å²) in [5.74, 6) is 0. The Morgan fingerprint density at radius 2 is 2.15 bits per heavy atom. The van der Waals surface area contributed by atoms with Gasteiger partial charge in [0.25, 0.3) is 6.39 Å². The number of aromatic nitrogens is 5. The first-order valence-electron chi connectivity index (χ1n) is 4.89. The van der Waals surface area contributed by atoms with Gasteiger partial charge in [0.1, 0.15) is 18.7 Å². The summed E-state index contributed by atoms with van der Waals surface area (Å²) in [6.07, 6.45) is 12.0. The van der Waals surface area contributed by atoms with Gasteiger partial charge >= 0.3 is 0 Å². The first-order chi connectivity index (χ1) is 10.0. The van der Waals surface area contributed by atoms with E-state index in [9.17, 15) is 0 Å². The second kappa shape index (κ2) is 13.5. The van der Waals surface area contributed by atoms with E-state index in [1.165, 1.54) is 46.9 Å². The molecule has 0 N–H and O–H groups in total. The fourth-order valence-electron chi connectivity index (χ4n) is 0.574. The minimum Gasteiger partial charge on any atom is -0.441 e. The average molecular weight is 321 g/mol. The van der Waals surface area contributed by atoms with Crippen LogP contribution in [-0.2, 0) is 0 Å². The highest BCUT2D eigenvalue weighted by Crippen LogP contribution is 1.84. The van der Waals surface area contributed by atoms with Crippen molar-refractivity contribution in [2.45, 2.75) is 0 Å². The Balaban J connectivity index is 0.000000133. The standard InChI is InChI=1S/C3H2NO.2C3H2NS.C2HN2S/c2*1-2-5-3-4-1;1-2-4-5-3-1;1-2-5-4-3-1/h1-2H;2*1,3H;2H. The van der Waals surface area contributed by atoms with Crippen molar-refractivity contribution in [3.05, 3.63) is 65.2 Å². The van der Waals surface area contributed by atoms with E-state index in [1.807, 2.05) is 5.38 Å². The predicted molar refractivity (Wildman–Crippen MR) is 76.0 cm³/mol. The molecular weight excluding hydrogens is 314 g/mol. The molecule has 4 heterocycles. The van der Waals surface area contributed by atoms with Crippen molar-refractivity contribution in [3.63, 3.8) is 0 Å². The summed E-state index contributed by atoms with van der Waals surface area (Å²) in [7, 11) is 0. The van der Waals surface area contributed by atoms with Gasteiger partial charge in [0, 0.05) is 17.0 Å². The maximum Gasteiger partial charge on any atom is 0.283 e. The van der Waals surface area contributed by atoms with E-state index in [0.29, 0.717) is 0 Å². The number of nitrogens with zero attached hydrogens (tertiary/aromatic N) is 5. The molecule has 20 heavy (non-hydrogen) atoms. The Labute approximate surface area is 128 Å². The molecule has 0 aromatic carbocycles. The van der Waals surface area contributed by atoms with Gasteiger partial charge in [-0.2, -0.15) is 4.37 Å². The molecule has 9 heteroatoms. The quantitative estimate of drug-likeness (QED) is 0.495. The number of hydrogen-bond acceptors (Lipinski definition) is 9. The van der Waals surface area contributed by atoms with Crippen molar-refractivity contribution in [1.29, 1.82) is 0 Å². The topological polar surface area (TPSA) is 77.6 Å². The molecule has 0 aliphatic carbocycles. The summed E-state index contributed by atoms with van der Waals surface area (Å²) in [5.41, 5.74) is 1.74. The minimum absolute atomic E-state index is 1.30. The molecule has 0 amide bonds. The molecule has 0 bridgehead atoms. The molecule has 0 aliphatic rings. The average Bonchev–Trinajstić information content (AvgIpc) is 3.40. The summed E-state index contributed by atoms with van der Waals surface area (Å²) < 4.78 is 11.4. The molecular formula is C11H7N5OS3. The monoisotopic (exact) mass is 321 g/mol. The highest BCUT2D eigenvalue weighted by atomic mass is 32.1. The van der Waals surface area contributed by atoms with Gasteiger partial charge in [-0.25, -0.2) is 4.98 Å². The third-order valence-corrected chi connectivity index (χ3v) is 2.50. The van der Waals surface area contributed by atoms with Crippen molar-refractivity contribution in [3.8, 4) is 0 Å². The summed E-state index contributed by atoms with van der Waals surface area (Å²) >= 11 is 4.18. The van der Waals surface area contributed by atoms with Crippen molar-refractivity contribution in [1.82, 2.24) is 23.9 Å². The fraction of sp³-hybridized carbons (Fsp3) is 0. The lowest BCUT2D eigenvalue weighted by molar-refractivity contribution is 0.548. The molecule has 0 fully saturated rings. The number of oxazole rings is 1. The van der Waals surface area contributed by atoms with Crippen LogP contribution < -0.4 is 0 Å². The van der Waals surface area contributed by atoms with Gasteiger partial charge in [-0.1, -0.05) is 4.49 Å². The van der Waals surface area contributed by atoms with Gasteiger partial charge in [0.2, 0.25) is 0 Å². The van der Waals surface area contributed by atoms with Crippen LogP contribution in [0.3, 0.4) is 0 Å². The second-order valence-electron chi connectivity index (χ2n) is 2.41. The molecule has 4 rings (SSSR count). The smallest absolute Gasteiger partial charge is 0.283 e. The van der Waals surface area contributed by atoms with E-state index in [4.69, 9.17) is 0 Å². The molecule has 0 unspecified atom stereocenters. The molecule has 0 saturated heterocycles. The summed E-state index contributed by atoms with van der Waals surface area (Å²) in [5, 5.41) is 9.73. The fourth-order valence-corrected chi connectivity index (χ4v) is 1.42. The highest BCUT2D eigenvalue weighted by Gasteiger charge is 1.63. The Kier molecular flexibility index (Phi) is 10.8.